The monoisotopic (exact) mass is 243 g/mol. The molecule has 0 aromatic rings. The third-order valence-electron chi connectivity index (χ3n) is 2.88. The first-order valence-electron chi connectivity index (χ1n) is 7.01. The Balaban J connectivity index is 2.02. The van der Waals surface area contributed by atoms with Gasteiger partial charge < -0.3 is 14.8 Å². The molecule has 0 saturated carbocycles. The second kappa shape index (κ2) is 8.06. The highest BCUT2D eigenvalue weighted by Crippen LogP contribution is 2.19. The average Bonchev–Trinajstić information content (AvgIpc) is 2.65. The Morgan fingerprint density at radius 2 is 1.82 bits per heavy atom. The summed E-state index contributed by atoms with van der Waals surface area (Å²) in [6, 6.07) is 0. The van der Waals surface area contributed by atoms with E-state index >= 15 is 0 Å². The third kappa shape index (κ3) is 7.02. The van der Waals surface area contributed by atoms with Gasteiger partial charge in [-0.15, -0.1) is 0 Å². The molecule has 0 aromatic heterocycles. The molecule has 3 heteroatoms. The van der Waals surface area contributed by atoms with Gasteiger partial charge in [0.05, 0.1) is 18.8 Å². The molecular formula is C14H29NO2. The Bertz CT molecular complexity index is 175. The summed E-state index contributed by atoms with van der Waals surface area (Å²) in [7, 11) is 0. The molecule has 2 atom stereocenters. The van der Waals surface area contributed by atoms with Crippen LogP contribution in [0, 0.1) is 11.8 Å². The zero-order valence-corrected chi connectivity index (χ0v) is 11.9. The van der Waals surface area contributed by atoms with Crippen LogP contribution in [0.4, 0.5) is 0 Å². The maximum atomic E-state index is 5.94. The van der Waals surface area contributed by atoms with Gasteiger partial charge in [-0.2, -0.15) is 0 Å². The van der Waals surface area contributed by atoms with Gasteiger partial charge in [-0.1, -0.05) is 27.7 Å². The van der Waals surface area contributed by atoms with E-state index in [1.807, 2.05) is 0 Å². The predicted octanol–water partition coefficient (Wildman–Crippen LogP) is 2.45. The van der Waals surface area contributed by atoms with Gasteiger partial charge in [0.2, 0.25) is 0 Å². The van der Waals surface area contributed by atoms with Crippen LogP contribution in [0.15, 0.2) is 0 Å². The fourth-order valence-corrected chi connectivity index (χ4v) is 2.02. The van der Waals surface area contributed by atoms with Crippen LogP contribution in [-0.4, -0.2) is 38.5 Å². The number of hydrogen-bond donors (Lipinski definition) is 1. The Kier molecular flexibility index (Phi) is 7.09. The van der Waals surface area contributed by atoms with Gasteiger partial charge in [0.25, 0.3) is 0 Å². The molecule has 1 fully saturated rings. The molecule has 3 nitrogen and oxygen atoms in total. The zero-order chi connectivity index (χ0) is 12.7. The van der Waals surface area contributed by atoms with Crippen molar-refractivity contribution in [2.75, 3.05) is 26.3 Å². The minimum Gasteiger partial charge on any atom is -0.378 e. The minimum atomic E-state index is 0.319. The largest absolute Gasteiger partial charge is 0.378 e. The van der Waals surface area contributed by atoms with Gasteiger partial charge in [0, 0.05) is 13.2 Å². The lowest BCUT2D eigenvalue weighted by Crippen LogP contribution is -2.30. The van der Waals surface area contributed by atoms with Crippen molar-refractivity contribution in [1.29, 1.82) is 0 Å². The van der Waals surface area contributed by atoms with E-state index in [0.717, 1.165) is 32.7 Å². The molecule has 1 saturated heterocycles. The molecule has 17 heavy (non-hydrogen) atoms. The van der Waals surface area contributed by atoms with Crippen LogP contribution in [0.3, 0.4) is 0 Å². The van der Waals surface area contributed by atoms with Crippen molar-refractivity contribution >= 4 is 0 Å². The van der Waals surface area contributed by atoms with E-state index in [-0.39, 0.29) is 0 Å². The van der Waals surface area contributed by atoms with E-state index in [0.29, 0.717) is 24.0 Å². The van der Waals surface area contributed by atoms with Crippen LogP contribution in [-0.2, 0) is 9.47 Å². The number of hydrogen-bond acceptors (Lipinski definition) is 3. The van der Waals surface area contributed by atoms with Crippen LogP contribution in [0.1, 0.15) is 40.5 Å². The first-order chi connectivity index (χ1) is 8.08. The normalized spacial score (nSPS) is 25.1. The van der Waals surface area contributed by atoms with Crippen molar-refractivity contribution in [1.82, 2.24) is 5.32 Å². The van der Waals surface area contributed by atoms with Gasteiger partial charge in [0.1, 0.15) is 0 Å². The van der Waals surface area contributed by atoms with Gasteiger partial charge >= 0.3 is 0 Å². The summed E-state index contributed by atoms with van der Waals surface area (Å²) >= 11 is 0. The summed E-state index contributed by atoms with van der Waals surface area (Å²) in [5.41, 5.74) is 0. The first kappa shape index (κ1) is 14.9. The molecule has 1 heterocycles. The molecule has 0 radical (unpaired) electrons. The molecule has 1 aliphatic heterocycles. The molecule has 0 bridgehead atoms. The fraction of sp³-hybridized carbons (Fsp3) is 1.00. The maximum absolute atomic E-state index is 5.94. The van der Waals surface area contributed by atoms with Crippen LogP contribution in [0.25, 0.3) is 0 Å². The SMILES string of the molecule is CC(C)CNCC1CCC(COCC(C)C)O1. The van der Waals surface area contributed by atoms with Crippen molar-refractivity contribution in [2.45, 2.75) is 52.7 Å². The van der Waals surface area contributed by atoms with E-state index in [1.54, 1.807) is 0 Å². The number of ether oxygens (including phenoxy) is 2. The van der Waals surface area contributed by atoms with E-state index in [4.69, 9.17) is 9.47 Å². The van der Waals surface area contributed by atoms with Crippen molar-refractivity contribution in [2.24, 2.45) is 11.8 Å². The Morgan fingerprint density at radius 3 is 2.47 bits per heavy atom. The minimum absolute atomic E-state index is 0.319. The summed E-state index contributed by atoms with van der Waals surface area (Å²) in [6.45, 7) is 12.5. The molecule has 0 aliphatic carbocycles. The van der Waals surface area contributed by atoms with Gasteiger partial charge in [-0.3, -0.25) is 0 Å². The molecule has 0 amide bonds. The highest BCUT2D eigenvalue weighted by Gasteiger charge is 2.24. The molecule has 1 rings (SSSR count). The highest BCUT2D eigenvalue weighted by atomic mass is 16.5. The van der Waals surface area contributed by atoms with E-state index < -0.39 is 0 Å². The quantitative estimate of drug-likeness (QED) is 0.710. The van der Waals surface area contributed by atoms with E-state index in [1.165, 1.54) is 6.42 Å². The van der Waals surface area contributed by atoms with Crippen LogP contribution in [0.5, 0.6) is 0 Å². The van der Waals surface area contributed by atoms with Crippen LogP contribution in [0.2, 0.25) is 0 Å². The Morgan fingerprint density at radius 1 is 1.12 bits per heavy atom. The Hall–Kier alpha value is -0.120. The van der Waals surface area contributed by atoms with Crippen molar-refractivity contribution in [3.05, 3.63) is 0 Å². The lowest BCUT2D eigenvalue weighted by atomic mass is 10.2. The molecule has 1 aliphatic rings. The van der Waals surface area contributed by atoms with Crippen LogP contribution >= 0.6 is 0 Å². The molecule has 0 aromatic carbocycles. The molecule has 2 unspecified atom stereocenters. The number of rotatable bonds is 8. The van der Waals surface area contributed by atoms with E-state index in [2.05, 4.69) is 33.0 Å². The fourth-order valence-electron chi connectivity index (χ4n) is 2.02. The second-order valence-corrected chi connectivity index (χ2v) is 5.94. The van der Waals surface area contributed by atoms with Crippen molar-refractivity contribution in [3.63, 3.8) is 0 Å². The van der Waals surface area contributed by atoms with Gasteiger partial charge in [-0.25, -0.2) is 0 Å². The van der Waals surface area contributed by atoms with Crippen molar-refractivity contribution in [3.8, 4) is 0 Å². The smallest absolute Gasteiger partial charge is 0.0813 e. The van der Waals surface area contributed by atoms with Crippen LogP contribution < -0.4 is 5.32 Å². The lowest BCUT2D eigenvalue weighted by molar-refractivity contribution is -0.0197. The molecular weight excluding hydrogens is 214 g/mol. The number of nitrogens with one attached hydrogen (secondary N) is 1. The summed E-state index contributed by atoms with van der Waals surface area (Å²) < 4.78 is 11.6. The highest BCUT2D eigenvalue weighted by molar-refractivity contribution is 4.75. The van der Waals surface area contributed by atoms with Crippen molar-refractivity contribution < 1.29 is 9.47 Å². The van der Waals surface area contributed by atoms with Gasteiger partial charge in [0.15, 0.2) is 0 Å². The Labute approximate surface area is 106 Å². The average molecular weight is 243 g/mol. The summed E-state index contributed by atoms with van der Waals surface area (Å²) in [6.07, 6.45) is 3.02. The van der Waals surface area contributed by atoms with Gasteiger partial charge in [-0.05, 0) is 31.2 Å². The summed E-state index contributed by atoms with van der Waals surface area (Å²) in [4.78, 5) is 0. The second-order valence-electron chi connectivity index (χ2n) is 5.94. The third-order valence-corrected chi connectivity index (χ3v) is 2.88. The standard InChI is InChI=1S/C14H29NO2/c1-11(2)7-15-8-13-5-6-14(17-13)10-16-9-12(3)4/h11-15H,5-10H2,1-4H3. The predicted molar refractivity (Wildman–Crippen MR) is 71.3 cm³/mol. The molecule has 102 valence electrons. The maximum Gasteiger partial charge on any atom is 0.0813 e. The zero-order valence-electron chi connectivity index (χ0n) is 11.9. The summed E-state index contributed by atoms with van der Waals surface area (Å²) in [5.74, 6) is 1.32. The summed E-state index contributed by atoms with van der Waals surface area (Å²) in [5, 5.41) is 3.46. The molecule has 1 N–H and O–H groups in total. The first-order valence-corrected chi connectivity index (χ1v) is 7.01. The van der Waals surface area contributed by atoms with E-state index in [9.17, 15) is 0 Å². The topological polar surface area (TPSA) is 30.5 Å². The molecule has 0 spiro atoms. The lowest BCUT2D eigenvalue weighted by Gasteiger charge is -2.16.